The number of nitrogens with two attached hydrogens (primary N) is 1. The molecule has 0 saturated heterocycles. The van der Waals surface area contributed by atoms with Crippen molar-refractivity contribution in [3.63, 3.8) is 0 Å². The summed E-state index contributed by atoms with van der Waals surface area (Å²) >= 11 is 0. The Morgan fingerprint density at radius 1 is 0.633 bits per heavy atom. The SMILES string of the molecule is CC(=O)O.CC(=O)O.CC(=O)O.CC(=O)O.CCOC(=O)C(=[N+]=[N-])C(C)=O.CCOC(=O)C(NC(=O)c1ccc(OC)cc1)C(C)=O.COc1ccc(C(N)=O)cc1.[Rh].[Rh]. The number of nitrogens with one attached hydrogen (secondary N) is 1. The van der Waals surface area contributed by atoms with Crippen molar-refractivity contribution in [2.24, 2.45) is 5.73 Å². The first-order valence-electron chi connectivity index (χ1n) is 16.0. The van der Waals surface area contributed by atoms with E-state index in [4.69, 9.17) is 65.1 Å². The van der Waals surface area contributed by atoms with Gasteiger partial charge in [0.1, 0.15) is 11.5 Å². The number of carboxylic acid groups (broad SMARTS) is 4. The van der Waals surface area contributed by atoms with E-state index in [1.54, 1.807) is 57.4 Å². The van der Waals surface area contributed by atoms with E-state index in [0.29, 0.717) is 16.9 Å². The summed E-state index contributed by atoms with van der Waals surface area (Å²) in [6.07, 6.45) is 0. The number of Topliss-reactive ketones (excluding diaryl/α,β-unsaturated/α-hetero) is 2. The maximum Gasteiger partial charge on any atom is 0.441 e. The zero-order valence-electron chi connectivity index (χ0n) is 34.3. The Kier molecular flexibility index (Phi) is 48.3. The van der Waals surface area contributed by atoms with Crippen LogP contribution in [0.2, 0.25) is 0 Å². The molecular formula is C36H50N4O18Rh2. The molecule has 0 bridgehead atoms. The molecule has 340 valence electrons. The van der Waals surface area contributed by atoms with E-state index in [-0.39, 0.29) is 52.2 Å². The van der Waals surface area contributed by atoms with Crippen molar-refractivity contribution in [1.29, 1.82) is 0 Å². The molecule has 0 aromatic heterocycles. The van der Waals surface area contributed by atoms with Gasteiger partial charge >= 0.3 is 17.7 Å². The van der Waals surface area contributed by atoms with Crippen LogP contribution in [0.4, 0.5) is 0 Å². The first-order valence-corrected chi connectivity index (χ1v) is 16.0. The summed E-state index contributed by atoms with van der Waals surface area (Å²) in [6, 6.07) is 11.7. The zero-order chi connectivity index (χ0) is 46.6. The van der Waals surface area contributed by atoms with E-state index in [2.05, 4.69) is 14.8 Å². The van der Waals surface area contributed by atoms with Gasteiger partial charge in [0.15, 0.2) is 11.8 Å². The number of esters is 2. The van der Waals surface area contributed by atoms with Crippen molar-refractivity contribution in [1.82, 2.24) is 5.32 Å². The van der Waals surface area contributed by atoms with Gasteiger partial charge in [-0.2, -0.15) is 4.79 Å². The number of benzene rings is 2. The predicted octanol–water partition coefficient (Wildman–Crippen LogP) is 1.91. The number of ketones is 2. The van der Waals surface area contributed by atoms with Crippen LogP contribution in [0.25, 0.3) is 5.53 Å². The fourth-order valence-corrected chi connectivity index (χ4v) is 2.72. The fraction of sp³-hybridized carbons (Fsp3) is 0.361. The minimum absolute atomic E-state index is 0. The molecule has 0 aliphatic carbocycles. The van der Waals surface area contributed by atoms with Crippen molar-refractivity contribution in [2.45, 2.75) is 61.4 Å². The number of primary amides is 1. The first kappa shape index (κ1) is 68.4. The normalized spacial score (nSPS) is 8.63. The van der Waals surface area contributed by atoms with Gasteiger partial charge in [0.25, 0.3) is 29.8 Å². The van der Waals surface area contributed by atoms with Gasteiger partial charge in [-0.05, 0) is 69.3 Å². The summed E-state index contributed by atoms with van der Waals surface area (Å²) in [5, 5.41) is 32.0. The van der Waals surface area contributed by atoms with Gasteiger partial charge < -0.3 is 56.0 Å². The van der Waals surface area contributed by atoms with Gasteiger partial charge in [0, 0.05) is 84.7 Å². The summed E-state index contributed by atoms with van der Waals surface area (Å²) in [4.78, 5) is 105. The Morgan fingerprint density at radius 3 is 1.18 bits per heavy atom. The van der Waals surface area contributed by atoms with E-state index < -0.39 is 71.0 Å². The number of nitrogens with zero attached hydrogens (tertiary/aromatic N) is 2. The quantitative estimate of drug-likeness (QED) is 0.0467. The molecule has 2 amide bonds. The van der Waals surface area contributed by atoms with Crippen LogP contribution in [-0.4, -0.2) is 124 Å². The molecule has 0 aliphatic heterocycles. The van der Waals surface area contributed by atoms with Crippen LogP contribution < -0.4 is 20.5 Å². The number of methoxy groups -OCH3 is 2. The van der Waals surface area contributed by atoms with Gasteiger partial charge in [-0.15, -0.1) is 0 Å². The molecule has 22 nitrogen and oxygen atoms in total. The molecule has 60 heavy (non-hydrogen) atoms. The molecule has 0 fully saturated rings. The van der Waals surface area contributed by atoms with Crippen molar-refractivity contribution in [3.05, 3.63) is 65.2 Å². The van der Waals surface area contributed by atoms with E-state index in [1.807, 2.05) is 0 Å². The monoisotopic (exact) mass is 1030 g/mol. The first-order chi connectivity index (χ1) is 26.8. The number of aliphatic carboxylic acids is 4. The maximum absolute atomic E-state index is 12.0. The van der Waals surface area contributed by atoms with Gasteiger partial charge in [0.05, 0.1) is 27.4 Å². The van der Waals surface area contributed by atoms with E-state index in [9.17, 15) is 28.8 Å². The molecule has 2 aromatic rings. The summed E-state index contributed by atoms with van der Waals surface area (Å²) in [7, 11) is 3.08. The number of ether oxygens (including phenoxy) is 4. The molecular weight excluding hydrogens is 982 g/mol. The van der Waals surface area contributed by atoms with Crippen LogP contribution in [-0.2, 0) is 86.8 Å². The Labute approximate surface area is 371 Å². The second kappa shape index (κ2) is 42.4. The fourth-order valence-electron chi connectivity index (χ4n) is 2.72. The smallest absolute Gasteiger partial charge is 0.441 e. The molecule has 1 unspecified atom stereocenters. The number of amides is 2. The van der Waals surface area contributed by atoms with Gasteiger partial charge in [-0.3, -0.25) is 38.4 Å². The summed E-state index contributed by atoms with van der Waals surface area (Å²) in [5.41, 5.74) is 13.4. The van der Waals surface area contributed by atoms with Crippen LogP contribution in [0.1, 0.15) is 76.1 Å². The minimum Gasteiger partial charge on any atom is -0.497 e. The molecule has 0 saturated carbocycles. The van der Waals surface area contributed by atoms with E-state index in [0.717, 1.165) is 40.4 Å². The Hall–Kier alpha value is -6.23. The molecule has 2 rings (SSSR count). The largest absolute Gasteiger partial charge is 0.497 e. The number of hydrogen-bond acceptors (Lipinski definition) is 14. The van der Waals surface area contributed by atoms with E-state index >= 15 is 0 Å². The number of hydrogen-bond donors (Lipinski definition) is 6. The van der Waals surface area contributed by atoms with Crippen molar-refractivity contribution in [3.8, 4) is 11.5 Å². The van der Waals surface area contributed by atoms with Crippen molar-refractivity contribution < 1.29 is 131 Å². The molecule has 0 spiro atoms. The van der Waals surface area contributed by atoms with Crippen molar-refractivity contribution >= 4 is 64.9 Å². The van der Waals surface area contributed by atoms with Crippen LogP contribution in [0.5, 0.6) is 11.5 Å². The summed E-state index contributed by atoms with van der Waals surface area (Å²) < 4.78 is 19.0. The molecule has 7 N–H and O–H groups in total. The van der Waals surface area contributed by atoms with Gasteiger partial charge in [0.2, 0.25) is 11.7 Å². The summed E-state index contributed by atoms with van der Waals surface area (Å²) in [5.74, 6) is -5.72. The number of carboxylic acids is 4. The average Bonchev–Trinajstić information content (AvgIpc) is 3.10. The second-order valence-corrected chi connectivity index (χ2v) is 9.89. The number of carbonyl (C=O) groups excluding carboxylic acids is 6. The van der Waals surface area contributed by atoms with Crippen LogP contribution in [0.15, 0.2) is 48.5 Å². The predicted molar refractivity (Wildman–Crippen MR) is 202 cm³/mol. The molecule has 24 heteroatoms. The third kappa shape index (κ3) is 46.2. The number of carbonyl (C=O) groups is 10. The molecule has 0 aliphatic rings. The molecule has 2 radical (unpaired) electrons. The topological polar surface area (TPSA) is 363 Å². The molecule has 0 heterocycles. The Morgan fingerprint density at radius 2 is 0.950 bits per heavy atom. The van der Waals surface area contributed by atoms with Crippen LogP contribution >= 0.6 is 0 Å². The number of rotatable bonds is 11. The van der Waals surface area contributed by atoms with Gasteiger partial charge in [-0.1, -0.05) is 0 Å². The zero-order valence-corrected chi connectivity index (χ0v) is 37.5. The van der Waals surface area contributed by atoms with Gasteiger partial charge in [-0.25, -0.2) is 9.59 Å². The third-order valence-corrected chi connectivity index (χ3v) is 4.83. The molecule has 1 atom stereocenters. The van der Waals surface area contributed by atoms with Crippen molar-refractivity contribution in [2.75, 3.05) is 27.4 Å². The van der Waals surface area contributed by atoms with E-state index in [1.165, 1.54) is 26.2 Å². The minimum atomic E-state index is -1.29. The standard InChI is InChI=1S/C14H17NO5.C8H9NO2.C6H8N2O3.4C2H4O2.2Rh/c1-4-20-14(18)12(9(2)16)15-13(17)10-5-7-11(19-3)8-6-10;1-11-7-4-2-6(3-5-7)8(9)10;1-3-11-6(10)5(8-7)4(2)9;4*1-2(3)4;;/h5-8,12H,4H2,1-3H3,(H,15,17);2-5H,1H3,(H2,9,10);3H2,1-2H3;4*1H3,(H,3,4);;. The third-order valence-electron chi connectivity index (χ3n) is 4.83. The second-order valence-electron chi connectivity index (χ2n) is 9.89. The Bertz CT molecular complexity index is 1630. The maximum atomic E-state index is 12.0. The molecule has 2 aromatic carbocycles. The Balaban J connectivity index is -0.000000121. The average molecular weight is 1030 g/mol. The summed E-state index contributed by atoms with van der Waals surface area (Å²) in [6.45, 7) is 10.2. The van der Waals surface area contributed by atoms with Crippen LogP contribution in [0, 0.1) is 0 Å². The van der Waals surface area contributed by atoms with Crippen LogP contribution in [0.3, 0.4) is 0 Å².